The maximum absolute atomic E-state index is 12.0. The molecule has 0 aromatic heterocycles. The van der Waals surface area contributed by atoms with E-state index in [4.69, 9.17) is 11.6 Å². The minimum Gasteiger partial charge on any atom is -0.393 e. The third kappa shape index (κ3) is 1.26. The molecule has 2 nitrogen and oxygen atoms in total. The van der Waals surface area contributed by atoms with Gasteiger partial charge in [-0.15, -0.1) is 0 Å². The van der Waals surface area contributed by atoms with Crippen LogP contribution in [0.25, 0.3) is 0 Å². The van der Waals surface area contributed by atoms with Gasteiger partial charge in [0.05, 0.1) is 6.10 Å². The molecule has 16 heavy (non-hydrogen) atoms. The van der Waals surface area contributed by atoms with Crippen LogP contribution in [0.4, 0.5) is 0 Å². The average molecular weight is 241 g/mol. The first-order valence-corrected chi connectivity index (χ1v) is 6.56. The number of fused-ring (bicyclic) bond motifs is 5. The standard InChI is InChI=1S/C13H17ClO2/c1-6(14)11-7-2-3-8(11)13-10(16)5-4-9(15)12(7)13/h7-9,12-13,15H,2-5H2,1H3/b11-6+/t7-,8+,9+,12-,13-/m1/s1. The van der Waals surface area contributed by atoms with Crippen LogP contribution in [0.3, 0.4) is 0 Å². The first kappa shape index (κ1) is 10.8. The lowest BCUT2D eigenvalue weighted by Gasteiger charge is -2.36. The summed E-state index contributed by atoms with van der Waals surface area (Å²) in [6, 6.07) is 0. The van der Waals surface area contributed by atoms with E-state index in [0.29, 0.717) is 30.5 Å². The molecule has 0 aromatic carbocycles. The van der Waals surface area contributed by atoms with E-state index in [1.54, 1.807) is 0 Å². The van der Waals surface area contributed by atoms with Crippen LogP contribution in [-0.4, -0.2) is 17.0 Å². The van der Waals surface area contributed by atoms with Gasteiger partial charge < -0.3 is 5.11 Å². The Bertz CT molecular complexity index is 370. The molecule has 3 aliphatic rings. The molecule has 5 atom stereocenters. The van der Waals surface area contributed by atoms with Gasteiger partial charge in [0.25, 0.3) is 0 Å². The number of aliphatic hydroxyl groups is 1. The van der Waals surface area contributed by atoms with E-state index in [0.717, 1.165) is 17.9 Å². The maximum atomic E-state index is 12.0. The molecule has 0 saturated heterocycles. The van der Waals surface area contributed by atoms with Crippen molar-refractivity contribution in [3.8, 4) is 0 Å². The number of halogens is 1. The van der Waals surface area contributed by atoms with Gasteiger partial charge in [-0.1, -0.05) is 11.6 Å². The fraction of sp³-hybridized carbons (Fsp3) is 0.769. The van der Waals surface area contributed by atoms with Gasteiger partial charge in [0.2, 0.25) is 0 Å². The molecule has 0 spiro atoms. The number of rotatable bonds is 0. The quantitative estimate of drug-likeness (QED) is 0.707. The summed E-state index contributed by atoms with van der Waals surface area (Å²) in [5.74, 6) is 1.33. The number of aliphatic hydroxyl groups excluding tert-OH is 1. The molecule has 3 aliphatic carbocycles. The summed E-state index contributed by atoms with van der Waals surface area (Å²) < 4.78 is 0. The summed E-state index contributed by atoms with van der Waals surface area (Å²) in [5.41, 5.74) is 1.28. The molecule has 0 amide bonds. The van der Waals surface area contributed by atoms with Crippen molar-refractivity contribution in [2.45, 2.75) is 38.7 Å². The molecule has 0 unspecified atom stereocenters. The fourth-order valence-electron chi connectivity index (χ4n) is 4.34. The van der Waals surface area contributed by atoms with Gasteiger partial charge >= 0.3 is 0 Å². The molecule has 0 aromatic rings. The maximum Gasteiger partial charge on any atom is 0.137 e. The number of carbonyl (C=O) groups is 1. The Morgan fingerprint density at radius 1 is 1.31 bits per heavy atom. The van der Waals surface area contributed by atoms with Crippen LogP contribution in [0.1, 0.15) is 32.6 Å². The van der Waals surface area contributed by atoms with Crippen molar-refractivity contribution in [3.05, 3.63) is 10.6 Å². The SMILES string of the molecule is C/C(Cl)=C1/[C@H]2CC[C@@H]1[C@@H]1C(=O)CC[C@H](O)[C@H]12. The molecule has 3 fully saturated rings. The summed E-state index contributed by atoms with van der Waals surface area (Å²) in [6.07, 6.45) is 3.11. The van der Waals surface area contributed by atoms with E-state index < -0.39 is 0 Å². The summed E-state index contributed by atoms with van der Waals surface area (Å²) >= 11 is 6.16. The van der Waals surface area contributed by atoms with Crippen molar-refractivity contribution >= 4 is 17.4 Å². The molecule has 2 bridgehead atoms. The van der Waals surface area contributed by atoms with E-state index in [-0.39, 0.29) is 17.9 Å². The Labute approximate surface area is 101 Å². The number of hydrogen-bond donors (Lipinski definition) is 1. The van der Waals surface area contributed by atoms with Crippen LogP contribution in [0.15, 0.2) is 10.6 Å². The van der Waals surface area contributed by atoms with Gasteiger partial charge in [-0.25, -0.2) is 0 Å². The molecule has 0 radical (unpaired) electrons. The monoisotopic (exact) mass is 240 g/mol. The van der Waals surface area contributed by atoms with Gasteiger partial charge in [0.15, 0.2) is 0 Å². The first-order chi connectivity index (χ1) is 7.61. The fourth-order valence-corrected chi connectivity index (χ4v) is 4.62. The first-order valence-electron chi connectivity index (χ1n) is 6.18. The van der Waals surface area contributed by atoms with Crippen molar-refractivity contribution in [1.82, 2.24) is 0 Å². The van der Waals surface area contributed by atoms with E-state index in [2.05, 4.69) is 0 Å². The Morgan fingerprint density at radius 2 is 2.00 bits per heavy atom. The minimum absolute atomic E-state index is 0.0752. The van der Waals surface area contributed by atoms with Crippen molar-refractivity contribution in [2.24, 2.45) is 23.7 Å². The van der Waals surface area contributed by atoms with E-state index in [1.165, 1.54) is 5.57 Å². The number of hydrogen-bond acceptors (Lipinski definition) is 2. The van der Waals surface area contributed by atoms with Crippen LogP contribution < -0.4 is 0 Å². The highest BCUT2D eigenvalue weighted by Gasteiger charge is 2.57. The predicted molar refractivity (Wildman–Crippen MR) is 62.0 cm³/mol. The Morgan fingerprint density at radius 3 is 2.62 bits per heavy atom. The van der Waals surface area contributed by atoms with Crippen molar-refractivity contribution < 1.29 is 9.90 Å². The van der Waals surface area contributed by atoms with Gasteiger partial charge in [-0.05, 0) is 43.6 Å². The molecule has 3 rings (SSSR count). The number of Topliss-reactive ketones (excluding diaryl/α,β-unsaturated/α-hetero) is 1. The highest BCUT2D eigenvalue weighted by Crippen LogP contribution is 2.60. The predicted octanol–water partition coefficient (Wildman–Crippen LogP) is 2.50. The zero-order chi connectivity index (χ0) is 11.4. The number of ketones is 1. The molecule has 3 saturated carbocycles. The highest BCUT2D eigenvalue weighted by atomic mass is 35.5. The van der Waals surface area contributed by atoms with Crippen molar-refractivity contribution in [3.63, 3.8) is 0 Å². The second-order valence-electron chi connectivity index (χ2n) is 5.45. The lowest BCUT2D eigenvalue weighted by atomic mass is 9.69. The summed E-state index contributed by atoms with van der Waals surface area (Å²) in [6.45, 7) is 1.93. The Kier molecular flexibility index (Phi) is 2.41. The summed E-state index contributed by atoms with van der Waals surface area (Å²) in [4.78, 5) is 12.0. The molecular weight excluding hydrogens is 224 g/mol. The second kappa shape index (κ2) is 3.58. The van der Waals surface area contributed by atoms with Crippen LogP contribution in [0.5, 0.6) is 0 Å². The number of allylic oxidation sites excluding steroid dienone is 2. The van der Waals surface area contributed by atoms with E-state index in [1.807, 2.05) is 6.92 Å². The van der Waals surface area contributed by atoms with Crippen LogP contribution in [-0.2, 0) is 4.79 Å². The Hall–Kier alpha value is -0.340. The topological polar surface area (TPSA) is 37.3 Å². The van der Waals surface area contributed by atoms with Crippen molar-refractivity contribution in [1.29, 1.82) is 0 Å². The highest BCUT2D eigenvalue weighted by molar-refractivity contribution is 6.29. The Balaban J connectivity index is 2.04. The third-order valence-corrected chi connectivity index (χ3v) is 5.02. The van der Waals surface area contributed by atoms with Crippen LogP contribution in [0, 0.1) is 23.7 Å². The number of carbonyl (C=O) groups excluding carboxylic acids is 1. The second-order valence-corrected chi connectivity index (χ2v) is 6.02. The zero-order valence-electron chi connectivity index (χ0n) is 9.45. The lowest BCUT2D eigenvalue weighted by Crippen LogP contribution is -2.41. The minimum atomic E-state index is -0.288. The average Bonchev–Trinajstić information content (AvgIpc) is 2.79. The van der Waals surface area contributed by atoms with E-state index in [9.17, 15) is 9.90 Å². The van der Waals surface area contributed by atoms with Gasteiger partial charge in [0.1, 0.15) is 5.78 Å². The normalized spacial score (nSPS) is 49.4. The summed E-state index contributed by atoms with van der Waals surface area (Å²) in [7, 11) is 0. The molecule has 1 N–H and O–H groups in total. The molecule has 3 heteroatoms. The molecule has 88 valence electrons. The molecule has 0 aliphatic heterocycles. The smallest absolute Gasteiger partial charge is 0.137 e. The van der Waals surface area contributed by atoms with Crippen LogP contribution in [0.2, 0.25) is 0 Å². The zero-order valence-corrected chi connectivity index (χ0v) is 10.2. The largest absolute Gasteiger partial charge is 0.393 e. The molecular formula is C13H17ClO2. The molecule has 0 heterocycles. The lowest BCUT2D eigenvalue weighted by molar-refractivity contribution is -0.133. The van der Waals surface area contributed by atoms with Gasteiger partial charge in [-0.2, -0.15) is 0 Å². The summed E-state index contributed by atoms with van der Waals surface area (Å²) in [5, 5.41) is 11.0. The van der Waals surface area contributed by atoms with Crippen LogP contribution >= 0.6 is 11.6 Å². The van der Waals surface area contributed by atoms with E-state index >= 15 is 0 Å². The van der Waals surface area contributed by atoms with Gasteiger partial charge in [0, 0.05) is 23.3 Å². The van der Waals surface area contributed by atoms with Crippen molar-refractivity contribution in [2.75, 3.05) is 0 Å². The van der Waals surface area contributed by atoms with Gasteiger partial charge in [-0.3, -0.25) is 4.79 Å². The third-order valence-electron chi connectivity index (χ3n) is 4.80.